The predicted molar refractivity (Wildman–Crippen MR) is 66.3 cm³/mol. The van der Waals surface area contributed by atoms with E-state index in [-0.39, 0.29) is 11.7 Å². The van der Waals surface area contributed by atoms with Gasteiger partial charge in [-0.2, -0.15) is 0 Å². The topological polar surface area (TPSA) is 40.6 Å². The number of carbonyl (C=O) groups excluding carboxylic acids is 2. The summed E-state index contributed by atoms with van der Waals surface area (Å²) in [5, 5.41) is 0. The number of anilines is 1. The lowest BCUT2D eigenvalue weighted by atomic mass is 10.1. The monoisotopic (exact) mass is 232 g/mol. The largest absolute Gasteiger partial charge is 0.310 e. The Labute approximate surface area is 101 Å². The molecule has 1 fully saturated rings. The molecule has 0 unspecified atom stereocenters. The van der Waals surface area contributed by atoms with E-state index >= 15 is 0 Å². The molecule has 0 aliphatic carbocycles. The van der Waals surface area contributed by atoms with Crippen molar-refractivity contribution in [2.75, 3.05) is 31.6 Å². The molecule has 1 aliphatic rings. The van der Waals surface area contributed by atoms with E-state index in [1.807, 2.05) is 24.1 Å². The summed E-state index contributed by atoms with van der Waals surface area (Å²) in [6, 6.07) is 7.24. The predicted octanol–water partition coefficient (Wildman–Crippen LogP) is 1.17. The zero-order valence-electron chi connectivity index (χ0n) is 10.1. The maximum atomic E-state index is 11.9. The molecule has 0 aromatic heterocycles. The normalized spacial score (nSPS) is 17.3. The van der Waals surface area contributed by atoms with Gasteiger partial charge in [-0.1, -0.05) is 12.1 Å². The summed E-state index contributed by atoms with van der Waals surface area (Å²) >= 11 is 0. The van der Waals surface area contributed by atoms with Crippen molar-refractivity contribution >= 4 is 17.4 Å². The second kappa shape index (κ2) is 4.67. The number of Topliss-reactive ketones (excluding diaryl/α,β-unsaturated/α-hetero) is 1. The van der Waals surface area contributed by atoms with Gasteiger partial charge < -0.3 is 4.90 Å². The lowest BCUT2D eigenvalue weighted by molar-refractivity contribution is -0.120. The Morgan fingerprint density at radius 1 is 1.29 bits per heavy atom. The third-order valence-corrected chi connectivity index (χ3v) is 2.98. The molecule has 2 rings (SSSR count). The van der Waals surface area contributed by atoms with Crippen molar-refractivity contribution in [2.24, 2.45) is 0 Å². The van der Waals surface area contributed by atoms with Gasteiger partial charge in [0.2, 0.25) is 5.91 Å². The molecule has 1 aliphatic heterocycles. The SMILES string of the molecule is CC(=O)c1cccc(N2CCN(C)CC2=O)c1. The van der Waals surface area contributed by atoms with E-state index in [2.05, 4.69) is 0 Å². The fourth-order valence-electron chi connectivity index (χ4n) is 1.96. The first-order chi connectivity index (χ1) is 8.08. The van der Waals surface area contributed by atoms with Crippen LogP contribution in [0.2, 0.25) is 0 Å². The molecule has 1 saturated heterocycles. The van der Waals surface area contributed by atoms with Gasteiger partial charge in [0.25, 0.3) is 0 Å². The minimum Gasteiger partial charge on any atom is -0.310 e. The van der Waals surface area contributed by atoms with Gasteiger partial charge >= 0.3 is 0 Å². The van der Waals surface area contributed by atoms with Crippen molar-refractivity contribution in [3.8, 4) is 0 Å². The number of piperazine rings is 1. The van der Waals surface area contributed by atoms with Crippen LogP contribution in [-0.2, 0) is 4.79 Å². The van der Waals surface area contributed by atoms with E-state index in [0.717, 1.165) is 12.2 Å². The fraction of sp³-hybridized carbons (Fsp3) is 0.385. The smallest absolute Gasteiger partial charge is 0.241 e. The quantitative estimate of drug-likeness (QED) is 0.719. The highest BCUT2D eigenvalue weighted by atomic mass is 16.2. The molecule has 1 aromatic carbocycles. The van der Waals surface area contributed by atoms with Gasteiger partial charge in [0, 0.05) is 24.3 Å². The van der Waals surface area contributed by atoms with E-state index in [0.29, 0.717) is 18.7 Å². The number of benzene rings is 1. The number of hydrogen-bond acceptors (Lipinski definition) is 3. The molecular weight excluding hydrogens is 216 g/mol. The second-order valence-electron chi connectivity index (χ2n) is 4.39. The van der Waals surface area contributed by atoms with Gasteiger partial charge in [-0.15, -0.1) is 0 Å². The van der Waals surface area contributed by atoms with Crippen LogP contribution in [0.4, 0.5) is 5.69 Å². The van der Waals surface area contributed by atoms with Gasteiger partial charge in [-0.05, 0) is 26.1 Å². The molecule has 0 bridgehead atoms. The zero-order valence-corrected chi connectivity index (χ0v) is 10.1. The number of nitrogens with zero attached hydrogens (tertiary/aromatic N) is 2. The lowest BCUT2D eigenvalue weighted by Gasteiger charge is -2.32. The van der Waals surface area contributed by atoms with Gasteiger partial charge in [-0.3, -0.25) is 14.5 Å². The van der Waals surface area contributed by atoms with Crippen LogP contribution >= 0.6 is 0 Å². The lowest BCUT2D eigenvalue weighted by Crippen LogP contribution is -2.48. The van der Waals surface area contributed by atoms with E-state index in [4.69, 9.17) is 0 Å². The van der Waals surface area contributed by atoms with Crippen molar-refractivity contribution in [2.45, 2.75) is 6.92 Å². The van der Waals surface area contributed by atoms with E-state index in [1.54, 1.807) is 17.0 Å². The highest BCUT2D eigenvalue weighted by molar-refractivity contribution is 5.99. The Balaban J connectivity index is 2.25. The Bertz CT molecular complexity index is 456. The van der Waals surface area contributed by atoms with E-state index in [1.165, 1.54) is 6.92 Å². The van der Waals surface area contributed by atoms with Crippen LogP contribution in [-0.4, -0.2) is 43.3 Å². The first-order valence-electron chi connectivity index (χ1n) is 5.68. The van der Waals surface area contributed by atoms with Crippen molar-refractivity contribution in [3.63, 3.8) is 0 Å². The molecule has 0 N–H and O–H groups in total. The van der Waals surface area contributed by atoms with Crippen LogP contribution in [0.15, 0.2) is 24.3 Å². The Morgan fingerprint density at radius 3 is 2.71 bits per heavy atom. The minimum absolute atomic E-state index is 0.0217. The summed E-state index contributed by atoms with van der Waals surface area (Å²) in [6.07, 6.45) is 0. The molecular formula is C13H16N2O2. The Kier molecular flexibility index (Phi) is 3.24. The van der Waals surface area contributed by atoms with Crippen molar-refractivity contribution in [3.05, 3.63) is 29.8 Å². The van der Waals surface area contributed by atoms with Crippen LogP contribution in [0.5, 0.6) is 0 Å². The number of hydrogen-bond donors (Lipinski definition) is 0. The van der Waals surface area contributed by atoms with Crippen LogP contribution in [0, 0.1) is 0 Å². The molecule has 0 radical (unpaired) electrons. The Hall–Kier alpha value is -1.68. The van der Waals surface area contributed by atoms with Crippen molar-refractivity contribution in [1.29, 1.82) is 0 Å². The van der Waals surface area contributed by atoms with E-state index < -0.39 is 0 Å². The standard InChI is InChI=1S/C13H16N2O2/c1-10(16)11-4-3-5-12(8-11)15-7-6-14(2)9-13(15)17/h3-5,8H,6-7,9H2,1-2H3. The maximum absolute atomic E-state index is 11.9. The Morgan fingerprint density at radius 2 is 2.06 bits per heavy atom. The number of rotatable bonds is 2. The molecule has 1 amide bonds. The second-order valence-corrected chi connectivity index (χ2v) is 4.39. The van der Waals surface area contributed by atoms with Gasteiger partial charge in [0.05, 0.1) is 6.54 Å². The molecule has 0 spiro atoms. The average molecular weight is 232 g/mol. The molecule has 17 heavy (non-hydrogen) atoms. The highest BCUT2D eigenvalue weighted by Gasteiger charge is 2.22. The maximum Gasteiger partial charge on any atom is 0.241 e. The summed E-state index contributed by atoms with van der Waals surface area (Å²) in [5.41, 5.74) is 1.46. The van der Waals surface area contributed by atoms with Gasteiger partial charge in [0.15, 0.2) is 5.78 Å². The van der Waals surface area contributed by atoms with E-state index in [9.17, 15) is 9.59 Å². The third kappa shape index (κ3) is 2.53. The van der Waals surface area contributed by atoms with Gasteiger partial charge in [-0.25, -0.2) is 0 Å². The summed E-state index contributed by atoms with van der Waals surface area (Å²) in [6.45, 7) is 3.50. The first kappa shape index (κ1) is 11.8. The van der Waals surface area contributed by atoms with Crippen molar-refractivity contribution < 1.29 is 9.59 Å². The first-order valence-corrected chi connectivity index (χ1v) is 5.68. The minimum atomic E-state index is 0.0217. The van der Waals surface area contributed by atoms with Crippen LogP contribution in [0.1, 0.15) is 17.3 Å². The molecule has 4 nitrogen and oxygen atoms in total. The number of carbonyl (C=O) groups is 2. The number of ketones is 1. The highest BCUT2D eigenvalue weighted by Crippen LogP contribution is 2.18. The summed E-state index contributed by atoms with van der Waals surface area (Å²) < 4.78 is 0. The molecule has 1 heterocycles. The number of likely N-dealkylation sites (N-methyl/N-ethyl adjacent to an activating group) is 1. The summed E-state index contributed by atoms with van der Waals surface area (Å²) in [4.78, 5) is 26.9. The average Bonchev–Trinajstić information content (AvgIpc) is 2.29. The fourth-order valence-corrected chi connectivity index (χ4v) is 1.96. The molecule has 4 heteroatoms. The molecule has 90 valence electrons. The molecule has 1 aromatic rings. The number of amides is 1. The summed E-state index contributed by atoms with van der Waals surface area (Å²) in [5.74, 6) is 0.105. The van der Waals surface area contributed by atoms with Crippen LogP contribution in [0.3, 0.4) is 0 Å². The molecule has 0 saturated carbocycles. The van der Waals surface area contributed by atoms with Crippen LogP contribution in [0.25, 0.3) is 0 Å². The molecule has 0 atom stereocenters. The zero-order chi connectivity index (χ0) is 12.4. The van der Waals surface area contributed by atoms with Crippen molar-refractivity contribution in [1.82, 2.24) is 4.90 Å². The van der Waals surface area contributed by atoms with Crippen LogP contribution < -0.4 is 4.90 Å². The third-order valence-electron chi connectivity index (χ3n) is 2.98. The van der Waals surface area contributed by atoms with Gasteiger partial charge in [0.1, 0.15) is 0 Å². The summed E-state index contributed by atoms with van der Waals surface area (Å²) in [7, 11) is 1.93.